The first-order chi connectivity index (χ1) is 10.3. The first-order valence-corrected chi connectivity index (χ1v) is 7.35. The molecular formula is C14H20F3N3O2. The SMILES string of the molecule is CCO[C@H]1CCCN(C(=O)C(C)n2ccc(C(F)(F)F)n2)C1. The Kier molecular flexibility index (Phi) is 5.10. The predicted molar refractivity (Wildman–Crippen MR) is 73.2 cm³/mol. The molecule has 0 saturated carbocycles. The maximum absolute atomic E-state index is 12.6. The zero-order chi connectivity index (χ0) is 16.3. The Bertz CT molecular complexity index is 514. The van der Waals surface area contributed by atoms with Crippen LogP contribution in [0.5, 0.6) is 0 Å². The largest absolute Gasteiger partial charge is 0.435 e. The fraction of sp³-hybridized carbons (Fsp3) is 0.714. The van der Waals surface area contributed by atoms with Gasteiger partial charge in [-0.2, -0.15) is 18.3 Å². The van der Waals surface area contributed by atoms with Gasteiger partial charge in [-0.05, 0) is 32.8 Å². The summed E-state index contributed by atoms with van der Waals surface area (Å²) >= 11 is 0. The molecule has 1 aromatic heterocycles. The normalized spacial score (nSPS) is 21.0. The summed E-state index contributed by atoms with van der Waals surface area (Å²) in [6, 6.07) is 0.111. The van der Waals surface area contributed by atoms with Gasteiger partial charge in [0.2, 0.25) is 5.91 Å². The second-order valence-corrected chi connectivity index (χ2v) is 5.36. The van der Waals surface area contributed by atoms with E-state index in [1.807, 2.05) is 6.92 Å². The lowest BCUT2D eigenvalue weighted by Gasteiger charge is -2.34. The third-order valence-corrected chi connectivity index (χ3v) is 3.75. The Hall–Kier alpha value is -1.57. The Balaban J connectivity index is 2.04. The second kappa shape index (κ2) is 6.68. The average molecular weight is 319 g/mol. The Morgan fingerprint density at radius 1 is 1.55 bits per heavy atom. The Morgan fingerprint density at radius 3 is 2.86 bits per heavy atom. The number of likely N-dealkylation sites (tertiary alicyclic amines) is 1. The average Bonchev–Trinajstić information content (AvgIpc) is 2.96. The molecule has 1 aliphatic rings. The number of ether oxygens (including phenoxy) is 1. The van der Waals surface area contributed by atoms with Crippen molar-refractivity contribution in [2.45, 2.75) is 45.0 Å². The smallest absolute Gasteiger partial charge is 0.377 e. The minimum absolute atomic E-state index is 0.00161. The minimum Gasteiger partial charge on any atom is -0.377 e. The van der Waals surface area contributed by atoms with Gasteiger partial charge in [0, 0.05) is 25.9 Å². The molecule has 2 heterocycles. The molecule has 1 saturated heterocycles. The molecule has 1 aromatic rings. The fourth-order valence-electron chi connectivity index (χ4n) is 2.59. The van der Waals surface area contributed by atoms with Crippen LogP contribution in [0.15, 0.2) is 12.3 Å². The van der Waals surface area contributed by atoms with Gasteiger partial charge in [0.25, 0.3) is 0 Å². The van der Waals surface area contributed by atoms with Crippen LogP contribution in [0.3, 0.4) is 0 Å². The van der Waals surface area contributed by atoms with E-state index in [-0.39, 0.29) is 12.0 Å². The summed E-state index contributed by atoms with van der Waals surface area (Å²) in [6.07, 6.45) is -1.59. The topological polar surface area (TPSA) is 47.4 Å². The predicted octanol–water partition coefficient (Wildman–Crippen LogP) is 2.49. The maximum Gasteiger partial charge on any atom is 0.435 e. The monoisotopic (exact) mass is 319 g/mol. The summed E-state index contributed by atoms with van der Waals surface area (Å²) in [5.41, 5.74) is -0.988. The van der Waals surface area contributed by atoms with E-state index >= 15 is 0 Å². The number of halogens is 3. The van der Waals surface area contributed by atoms with Crippen molar-refractivity contribution < 1.29 is 22.7 Å². The molecule has 0 aromatic carbocycles. The van der Waals surface area contributed by atoms with Crippen molar-refractivity contribution in [2.75, 3.05) is 19.7 Å². The quantitative estimate of drug-likeness (QED) is 0.856. The van der Waals surface area contributed by atoms with Gasteiger partial charge in [0.05, 0.1) is 6.10 Å². The molecule has 0 bridgehead atoms. The maximum atomic E-state index is 12.6. The highest BCUT2D eigenvalue weighted by molar-refractivity contribution is 5.80. The van der Waals surface area contributed by atoms with E-state index in [0.717, 1.165) is 23.6 Å². The molecule has 2 atom stereocenters. The van der Waals surface area contributed by atoms with Gasteiger partial charge in [-0.1, -0.05) is 0 Å². The minimum atomic E-state index is -4.50. The summed E-state index contributed by atoms with van der Waals surface area (Å²) < 4.78 is 44.3. The third-order valence-electron chi connectivity index (χ3n) is 3.75. The van der Waals surface area contributed by atoms with Gasteiger partial charge in [-0.15, -0.1) is 0 Å². The number of rotatable bonds is 4. The van der Waals surface area contributed by atoms with Crippen molar-refractivity contribution in [1.82, 2.24) is 14.7 Å². The van der Waals surface area contributed by atoms with E-state index in [9.17, 15) is 18.0 Å². The molecule has 0 aliphatic carbocycles. The third kappa shape index (κ3) is 3.79. The fourth-order valence-corrected chi connectivity index (χ4v) is 2.59. The number of hydrogen-bond acceptors (Lipinski definition) is 3. The highest BCUT2D eigenvalue weighted by atomic mass is 19.4. The van der Waals surface area contributed by atoms with E-state index in [0.29, 0.717) is 19.7 Å². The van der Waals surface area contributed by atoms with Gasteiger partial charge in [0.1, 0.15) is 6.04 Å². The van der Waals surface area contributed by atoms with Crippen LogP contribution in [0.4, 0.5) is 13.2 Å². The number of hydrogen-bond donors (Lipinski definition) is 0. The van der Waals surface area contributed by atoms with Crippen molar-refractivity contribution in [2.24, 2.45) is 0 Å². The molecule has 5 nitrogen and oxygen atoms in total. The molecule has 124 valence electrons. The van der Waals surface area contributed by atoms with Crippen LogP contribution < -0.4 is 0 Å². The molecular weight excluding hydrogens is 299 g/mol. The van der Waals surface area contributed by atoms with E-state index in [1.165, 1.54) is 6.20 Å². The lowest BCUT2D eigenvalue weighted by atomic mass is 10.1. The summed E-state index contributed by atoms with van der Waals surface area (Å²) in [5, 5.41) is 3.47. The molecule has 0 spiro atoms. The zero-order valence-electron chi connectivity index (χ0n) is 12.6. The number of alkyl halides is 3. The van der Waals surface area contributed by atoms with Crippen LogP contribution in [-0.2, 0) is 15.7 Å². The van der Waals surface area contributed by atoms with Gasteiger partial charge < -0.3 is 9.64 Å². The van der Waals surface area contributed by atoms with Crippen molar-refractivity contribution in [3.8, 4) is 0 Å². The van der Waals surface area contributed by atoms with E-state index in [4.69, 9.17) is 4.74 Å². The zero-order valence-corrected chi connectivity index (χ0v) is 12.6. The highest BCUT2D eigenvalue weighted by Gasteiger charge is 2.35. The van der Waals surface area contributed by atoms with Crippen LogP contribution in [0, 0.1) is 0 Å². The van der Waals surface area contributed by atoms with Crippen molar-refractivity contribution in [3.63, 3.8) is 0 Å². The number of carbonyl (C=O) groups excluding carboxylic acids is 1. The van der Waals surface area contributed by atoms with Crippen LogP contribution in [0.1, 0.15) is 38.4 Å². The van der Waals surface area contributed by atoms with Gasteiger partial charge in [-0.3, -0.25) is 9.48 Å². The van der Waals surface area contributed by atoms with Crippen molar-refractivity contribution in [1.29, 1.82) is 0 Å². The first kappa shape index (κ1) is 16.8. The summed E-state index contributed by atoms with van der Waals surface area (Å²) in [5.74, 6) is -0.235. The molecule has 1 amide bonds. The molecule has 1 unspecified atom stereocenters. The Labute approximate surface area is 127 Å². The molecule has 0 radical (unpaired) electrons. The number of amides is 1. The van der Waals surface area contributed by atoms with Gasteiger partial charge in [-0.25, -0.2) is 0 Å². The summed E-state index contributed by atoms with van der Waals surface area (Å²) in [4.78, 5) is 14.1. The van der Waals surface area contributed by atoms with E-state index < -0.39 is 17.9 Å². The first-order valence-electron chi connectivity index (χ1n) is 7.35. The number of carbonyl (C=O) groups is 1. The lowest BCUT2D eigenvalue weighted by Crippen LogP contribution is -2.45. The molecule has 1 aliphatic heterocycles. The van der Waals surface area contributed by atoms with Crippen molar-refractivity contribution in [3.05, 3.63) is 18.0 Å². The van der Waals surface area contributed by atoms with E-state index in [2.05, 4.69) is 5.10 Å². The van der Waals surface area contributed by atoms with Crippen LogP contribution in [0.2, 0.25) is 0 Å². The molecule has 1 fully saturated rings. The van der Waals surface area contributed by atoms with Crippen LogP contribution in [0.25, 0.3) is 0 Å². The number of nitrogens with zero attached hydrogens (tertiary/aromatic N) is 3. The number of aromatic nitrogens is 2. The standard InChI is InChI=1S/C14H20F3N3O2/c1-3-22-11-5-4-7-19(9-11)13(21)10(2)20-8-6-12(18-20)14(15,16)17/h6,8,10-11H,3-5,7,9H2,1-2H3/t10?,11-/m0/s1. The molecule has 0 N–H and O–H groups in total. The van der Waals surface area contributed by atoms with Gasteiger partial charge in [0.15, 0.2) is 5.69 Å². The molecule has 22 heavy (non-hydrogen) atoms. The second-order valence-electron chi connectivity index (χ2n) is 5.36. The highest BCUT2D eigenvalue weighted by Crippen LogP contribution is 2.28. The van der Waals surface area contributed by atoms with Gasteiger partial charge >= 0.3 is 6.18 Å². The van der Waals surface area contributed by atoms with E-state index in [1.54, 1.807) is 11.8 Å². The summed E-state index contributed by atoms with van der Waals surface area (Å²) in [6.45, 7) is 5.10. The summed E-state index contributed by atoms with van der Waals surface area (Å²) in [7, 11) is 0. The van der Waals surface area contributed by atoms with Crippen LogP contribution in [-0.4, -0.2) is 46.4 Å². The molecule has 2 rings (SSSR count). The molecule has 8 heteroatoms. The Morgan fingerprint density at radius 2 is 2.27 bits per heavy atom. The lowest BCUT2D eigenvalue weighted by molar-refractivity contribution is -0.143. The van der Waals surface area contributed by atoms with Crippen LogP contribution >= 0.6 is 0 Å². The number of piperidine rings is 1. The van der Waals surface area contributed by atoms with Crippen molar-refractivity contribution >= 4 is 5.91 Å².